The van der Waals surface area contributed by atoms with Crippen LogP contribution in [0.4, 0.5) is 10.1 Å². The van der Waals surface area contributed by atoms with E-state index < -0.39 is 5.91 Å². The highest BCUT2D eigenvalue weighted by Gasteiger charge is 2.30. The molecule has 1 amide bonds. The molecule has 0 aliphatic heterocycles. The second-order valence-corrected chi connectivity index (χ2v) is 4.99. The van der Waals surface area contributed by atoms with Crippen molar-refractivity contribution in [2.24, 2.45) is 11.7 Å². The number of nitrogens with one attached hydrogen (secondary N) is 1. The highest BCUT2D eigenvalue weighted by molar-refractivity contribution is 5.94. The molecule has 2 rings (SSSR count). The lowest BCUT2D eigenvalue weighted by Crippen LogP contribution is -2.22. The molecular formula is C14H19FN2O. The van der Waals surface area contributed by atoms with Gasteiger partial charge in [-0.3, -0.25) is 4.79 Å². The summed E-state index contributed by atoms with van der Waals surface area (Å²) in [6, 6.07) is 3.19. The molecule has 1 atom stereocenters. The third kappa shape index (κ3) is 2.63. The van der Waals surface area contributed by atoms with Crippen molar-refractivity contribution < 1.29 is 9.18 Å². The molecule has 1 aliphatic carbocycles. The van der Waals surface area contributed by atoms with Gasteiger partial charge in [0.1, 0.15) is 5.82 Å². The van der Waals surface area contributed by atoms with Gasteiger partial charge >= 0.3 is 0 Å². The average Bonchev–Trinajstić information content (AvgIpc) is 3.14. The van der Waals surface area contributed by atoms with Crippen LogP contribution >= 0.6 is 0 Å². The van der Waals surface area contributed by atoms with Crippen molar-refractivity contribution >= 4 is 11.6 Å². The molecule has 1 unspecified atom stereocenters. The van der Waals surface area contributed by atoms with Crippen molar-refractivity contribution in [1.29, 1.82) is 0 Å². The van der Waals surface area contributed by atoms with Crippen molar-refractivity contribution in [3.8, 4) is 0 Å². The molecule has 0 bridgehead atoms. The van der Waals surface area contributed by atoms with Crippen molar-refractivity contribution in [1.82, 2.24) is 0 Å². The van der Waals surface area contributed by atoms with Crippen LogP contribution in [0, 0.1) is 18.7 Å². The lowest BCUT2D eigenvalue weighted by Gasteiger charge is -2.20. The number of nitrogens with two attached hydrogens (primary N) is 1. The first-order valence-electron chi connectivity index (χ1n) is 6.39. The Labute approximate surface area is 107 Å². The largest absolute Gasteiger partial charge is 0.382 e. The summed E-state index contributed by atoms with van der Waals surface area (Å²) in [5.41, 5.74) is 6.64. The second kappa shape index (κ2) is 4.96. The van der Waals surface area contributed by atoms with Crippen LogP contribution in [0.5, 0.6) is 0 Å². The van der Waals surface area contributed by atoms with Gasteiger partial charge in [0, 0.05) is 22.9 Å². The van der Waals surface area contributed by atoms with Gasteiger partial charge in [-0.1, -0.05) is 6.92 Å². The Morgan fingerprint density at radius 2 is 2.22 bits per heavy atom. The number of hydrogen-bond acceptors (Lipinski definition) is 2. The molecule has 3 nitrogen and oxygen atoms in total. The molecular weight excluding hydrogens is 231 g/mol. The molecule has 18 heavy (non-hydrogen) atoms. The maximum Gasteiger partial charge on any atom is 0.248 e. The first-order valence-corrected chi connectivity index (χ1v) is 6.39. The van der Waals surface area contributed by atoms with Gasteiger partial charge in [0.2, 0.25) is 5.91 Å². The van der Waals surface area contributed by atoms with E-state index in [2.05, 4.69) is 12.2 Å². The molecule has 1 saturated carbocycles. The highest BCUT2D eigenvalue weighted by atomic mass is 19.1. The Kier molecular flexibility index (Phi) is 3.55. The molecule has 0 heterocycles. The van der Waals surface area contributed by atoms with Crippen LogP contribution in [0.25, 0.3) is 0 Å². The molecule has 3 N–H and O–H groups in total. The Balaban J connectivity index is 2.27. The van der Waals surface area contributed by atoms with E-state index in [4.69, 9.17) is 5.73 Å². The number of carbonyl (C=O) groups is 1. The number of anilines is 1. The minimum atomic E-state index is -0.601. The molecule has 1 fully saturated rings. The van der Waals surface area contributed by atoms with Gasteiger partial charge in [0.25, 0.3) is 0 Å². The summed E-state index contributed by atoms with van der Waals surface area (Å²) < 4.78 is 13.7. The lowest BCUT2D eigenvalue weighted by atomic mass is 10.1. The van der Waals surface area contributed by atoms with Crippen molar-refractivity contribution in [2.45, 2.75) is 39.2 Å². The second-order valence-electron chi connectivity index (χ2n) is 4.99. The number of benzene rings is 1. The molecule has 0 saturated heterocycles. The lowest BCUT2D eigenvalue weighted by molar-refractivity contribution is 0.1000. The first kappa shape index (κ1) is 12.9. The predicted octanol–water partition coefficient (Wildman–Crippen LogP) is 2.83. The van der Waals surface area contributed by atoms with E-state index in [0.717, 1.165) is 6.42 Å². The topological polar surface area (TPSA) is 55.1 Å². The number of amides is 1. The number of rotatable bonds is 5. The van der Waals surface area contributed by atoms with Crippen LogP contribution in [-0.2, 0) is 0 Å². The Bertz CT molecular complexity index is 469. The standard InChI is InChI=1S/C14H19FN2O/c1-3-12(9-4-5-9)17-13-7-10(14(16)18)6-11(15)8(13)2/h6-7,9,12,17H,3-5H2,1-2H3,(H2,16,18). The van der Waals surface area contributed by atoms with Crippen LogP contribution in [0.15, 0.2) is 12.1 Å². The summed E-state index contributed by atoms with van der Waals surface area (Å²) in [4.78, 5) is 11.1. The molecule has 0 radical (unpaired) electrons. The SMILES string of the molecule is CCC(Nc1cc(C(N)=O)cc(F)c1C)C1CC1. The summed E-state index contributed by atoms with van der Waals surface area (Å²) in [5, 5.41) is 3.35. The zero-order chi connectivity index (χ0) is 13.3. The number of halogens is 1. The zero-order valence-electron chi connectivity index (χ0n) is 10.8. The zero-order valence-corrected chi connectivity index (χ0v) is 10.8. The van der Waals surface area contributed by atoms with E-state index in [-0.39, 0.29) is 11.4 Å². The maximum atomic E-state index is 13.7. The first-order chi connectivity index (χ1) is 8.52. The van der Waals surface area contributed by atoms with E-state index in [1.807, 2.05) is 0 Å². The van der Waals surface area contributed by atoms with E-state index in [9.17, 15) is 9.18 Å². The van der Waals surface area contributed by atoms with Gasteiger partial charge in [-0.25, -0.2) is 4.39 Å². The summed E-state index contributed by atoms with van der Waals surface area (Å²) in [6.07, 6.45) is 3.44. The Hall–Kier alpha value is -1.58. The summed E-state index contributed by atoms with van der Waals surface area (Å²) >= 11 is 0. The van der Waals surface area contributed by atoms with Crippen molar-refractivity contribution in [2.75, 3.05) is 5.32 Å². The van der Waals surface area contributed by atoms with Gasteiger partial charge in [0.05, 0.1) is 0 Å². The Morgan fingerprint density at radius 3 is 2.72 bits per heavy atom. The summed E-state index contributed by atoms with van der Waals surface area (Å²) in [7, 11) is 0. The molecule has 1 aromatic carbocycles. The fraction of sp³-hybridized carbons (Fsp3) is 0.500. The van der Waals surface area contributed by atoms with Gasteiger partial charge in [-0.15, -0.1) is 0 Å². The van der Waals surface area contributed by atoms with Crippen LogP contribution in [0.2, 0.25) is 0 Å². The molecule has 0 aromatic heterocycles. The highest BCUT2D eigenvalue weighted by Crippen LogP contribution is 2.36. The molecule has 1 aromatic rings. The molecule has 4 heteroatoms. The van der Waals surface area contributed by atoms with Crippen LogP contribution in [-0.4, -0.2) is 11.9 Å². The number of primary amides is 1. The van der Waals surface area contributed by atoms with Gasteiger partial charge in [-0.2, -0.15) is 0 Å². The summed E-state index contributed by atoms with van der Waals surface area (Å²) in [5.74, 6) is -0.314. The number of hydrogen-bond donors (Lipinski definition) is 2. The van der Waals surface area contributed by atoms with Crippen LogP contribution in [0.3, 0.4) is 0 Å². The molecule has 98 valence electrons. The van der Waals surface area contributed by atoms with Crippen molar-refractivity contribution in [3.63, 3.8) is 0 Å². The normalized spacial score (nSPS) is 16.4. The van der Waals surface area contributed by atoms with Gasteiger partial charge in [0.15, 0.2) is 0 Å². The van der Waals surface area contributed by atoms with Gasteiger partial charge < -0.3 is 11.1 Å². The molecule has 1 aliphatic rings. The minimum absolute atomic E-state index is 0.214. The Morgan fingerprint density at radius 1 is 1.56 bits per heavy atom. The van der Waals surface area contributed by atoms with E-state index in [1.165, 1.54) is 18.9 Å². The van der Waals surface area contributed by atoms with Crippen LogP contribution < -0.4 is 11.1 Å². The minimum Gasteiger partial charge on any atom is -0.382 e. The fourth-order valence-corrected chi connectivity index (χ4v) is 2.22. The third-order valence-electron chi connectivity index (χ3n) is 3.60. The molecule has 0 spiro atoms. The monoisotopic (exact) mass is 250 g/mol. The summed E-state index contributed by atoms with van der Waals surface area (Å²) in [6.45, 7) is 3.82. The van der Waals surface area contributed by atoms with Crippen LogP contribution in [0.1, 0.15) is 42.1 Å². The van der Waals surface area contributed by atoms with E-state index in [0.29, 0.717) is 23.2 Å². The van der Waals surface area contributed by atoms with Crippen molar-refractivity contribution in [3.05, 3.63) is 29.1 Å². The smallest absolute Gasteiger partial charge is 0.248 e. The number of carbonyl (C=O) groups excluding carboxylic acids is 1. The van der Waals surface area contributed by atoms with E-state index >= 15 is 0 Å². The maximum absolute atomic E-state index is 13.7. The van der Waals surface area contributed by atoms with Gasteiger partial charge in [-0.05, 0) is 44.2 Å². The quantitative estimate of drug-likeness (QED) is 0.844. The third-order valence-corrected chi connectivity index (χ3v) is 3.60. The predicted molar refractivity (Wildman–Crippen MR) is 70.1 cm³/mol. The average molecular weight is 250 g/mol. The van der Waals surface area contributed by atoms with E-state index in [1.54, 1.807) is 13.0 Å². The fourth-order valence-electron chi connectivity index (χ4n) is 2.22.